The molecule has 0 atom stereocenters. The van der Waals surface area contributed by atoms with Crippen LogP contribution in [0.25, 0.3) is 28.4 Å². The molecule has 0 aliphatic rings. The van der Waals surface area contributed by atoms with E-state index in [1.807, 2.05) is 13.0 Å². The van der Waals surface area contributed by atoms with E-state index < -0.39 is 11.4 Å². The standard InChI is InChI=1S/C26H19ClO5/c1-16-7-13-22-20(15-16)24(29)26(25(31-22)19-5-3-4-6-21(19)27)32-23(28)14-10-17-8-11-18(30-2)12-9-17/h3-15H,1-2H3. The van der Waals surface area contributed by atoms with Crippen LogP contribution in [0.4, 0.5) is 0 Å². The van der Waals surface area contributed by atoms with E-state index in [-0.39, 0.29) is 11.5 Å². The number of hydrogen-bond acceptors (Lipinski definition) is 5. The molecule has 0 unspecified atom stereocenters. The van der Waals surface area contributed by atoms with Crippen LogP contribution < -0.4 is 14.9 Å². The Bertz CT molecular complexity index is 1380. The summed E-state index contributed by atoms with van der Waals surface area (Å²) in [7, 11) is 1.58. The van der Waals surface area contributed by atoms with Gasteiger partial charge in [-0.2, -0.15) is 0 Å². The summed E-state index contributed by atoms with van der Waals surface area (Å²) in [5.41, 5.74) is 2.04. The van der Waals surface area contributed by atoms with Crippen molar-refractivity contribution in [2.45, 2.75) is 6.92 Å². The molecule has 0 bridgehead atoms. The molecule has 0 aliphatic heterocycles. The molecule has 160 valence electrons. The number of aryl methyl sites for hydroxylation is 1. The van der Waals surface area contributed by atoms with E-state index in [4.69, 9.17) is 25.5 Å². The Morgan fingerprint density at radius 3 is 2.50 bits per heavy atom. The van der Waals surface area contributed by atoms with Crippen molar-refractivity contribution in [3.8, 4) is 22.8 Å². The number of benzene rings is 3. The Morgan fingerprint density at radius 2 is 1.78 bits per heavy atom. The molecule has 3 aromatic carbocycles. The number of halogens is 1. The number of rotatable bonds is 5. The van der Waals surface area contributed by atoms with E-state index in [0.29, 0.717) is 27.3 Å². The van der Waals surface area contributed by atoms with E-state index in [1.165, 1.54) is 6.08 Å². The number of carbonyl (C=O) groups is 1. The molecule has 0 N–H and O–H groups in total. The van der Waals surface area contributed by atoms with Crippen molar-refractivity contribution in [2.75, 3.05) is 7.11 Å². The first kappa shape index (κ1) is 21.4. The lowest BCUT2D eigenvalue weighted by Gasteiger charge is -2.11. The summed E-state index contributed by atoms with van der Waals surface area (Å²) in [5, 5.41) is 0.691. The molecule has 0 fully saturated rings. The monoisotopic (exact) mass is 446 g/mol. The van der Waals surface area contributed by atoms with Crippen LogP contribution in [0.1, 0.15) is 11.1 Å². The lowest BCUT2D eigenvalue weighted by atomic mass is 10.1. The van der Waals surface area contributed by atoms with Gasteiger partial charge in [0.25, 0.3) is 0 Å². The average Bonchev–Trinajstić information content (AvgIpc) is 2.80. The maximum Gasteiger partial charge on any atom is 0.336 e. The molecule has 0 saturated heterocycles. The highest BCUT2D eigenvalue weighted by molar-refractivity contribution is 6.33. The topological polar surface area (TPSA) is 65.7 Å². The van der Waals surface area contributed by atoms with Gasteiger partial charge in [-0.25, -0.2) is 4.79 Å². The van der Waals surface area contributed by atoms with Crippen LogP contribution in [-0.4, -0.2) is 13.1 Å². The van der Waals surface area contributed by atoms with Crippen molar-refractivity contribution in [1.29, 1.82) is 0 Å². The molecule has 0 amide bonds. The average molecular weight is 447 g/mol. The van der Waals surface area contributed by atoms with Crippen molar-refractivity contribution in [3.05, 3.63) is 99.2 Å². The fraction of sp³-hybridized carbons (Fsp3) is 0.0769. The van der Waals surface area contributed by atoms with Gasteiger partial charge in [-0.3, -0.25) is 4.79 Å². The van der Waals surface area contributed by atoms with Crippen LogP contribution in [0.2, 0.25) is 5.02 Å². The molecule has 32 heavy (non-hydrogen) atoms. The minimum absolute atomic E-state index is 0.100. The lowest BCUT2D eigenvalue weighted by Crippen LogP contribution is -2.14. The van der Waals surface area contributed by atoms with Crippen molar-refractivity contribution < 1.29 is 18.7 Å². The van der Waals surface area contributed by atoms with Crippen molar-refractivity contribution in [1.82, 2.24) is 0 Å². The van der Waals surface area contributed by atoms with Crippen LogP contribution in [0, 0.1) is 6.92 Å². The van der Waals surface area contributed by atoms with Crippen molar-refractivity contribution in [3.63, 3.8) is 0 Å². The van der Waals surface area contributed by atoms with Crippen LogP contribution in [0.15, 0.2) is 82.0 Å². The van der Waals surface area contributed by atoms with Crippen LogP contribution in [0.5, 0.6) is 11.5 Å². The molecule has 6 heteroatoms. The fourth-order valence-corrected chi connectivity index (χ4v) is 3.44. The summed E-state index contributed by atoms with van der Waals surface area (Å²) in [4.78, 5) is 25.8. The van der Waals surface area contributed by atoms with Gasteiger partial charge >= 0.3 is 5.97 Å². The van der Waals surface area contributed by atoms with Gasteiger partial charge in [-0.1, -0.05) is 47.5 Å². The van der Waals surface area contributed by atoms with Crippen LogP contribution in [-0.2, 0) is 4.79 Å². The van der Waals surface area contributed by atoms with Crippen molar-refractivity contribution in [2.24, 2.45) is 0 Å². The summed E-state index contributed by atoms with van der Waals surface area (Å²) in [6, 6.07) is 19.3. The van der Waals surface area contributed by atoms with E-state index >= 15 is 0 Å². The predicted molar refractivity (Wildman–Crippen MR) is 125 cm³/mol. The maximum absolute atomic E-state index is 13.2. The Labute approximate surface area is 189 Å². The molecule has 4 aromatic rings. The Balaban J connectivity index is 1.76. The number of esters is 1. The van der Waals surface area contributed by atoms with Gasteiger partial charge in [0.1, 0.15) is 11.3 Å². The second kappa shape index (κ2) is 9.12. The predicted octanol–water partition coefficient (Wildman–Crippen LogP) is 6.05. The third-order valence-corrected chi connectivity index (χ3v) is 5.18. The van der Waals surface area contributed by atoms with Gasteiger partial charge in [-0.15, -0.1) is 0 Å². The van der Waals surface area contributed by atoms with E-state index in [9.17, 15) is 9.59 Å². The first-order valence-corrected chi connectivity index (χ1v) is 10.2. The maximum atomic E-state index is 13.2. The van der Waals surface area contributed by atoms with Gasteiger partial charge in [-0.05, 0) is 55.0 Å². The molecular formula is C26H19ClO5. The minimum Gasteiger partial charge on any atom is -0.497 e. The molecule has 0 aliphatic carbocycles. The molecule has 0 spiro atoms. The highest BCUT2D eigenvalue weighted by Gasteiger charge is 2.21. The summed E-state index contributed by atoms with van der Waals surface area (Å²) in [5.74, 6) is -0.115. The Kier molecular flexibility index (Phi) is 6.10. The van der Waals surface area contributed by atoms with Gasteiger partial charge in [0.15, 0.2) is 5.76 Å². The van der Waals surface area contributed by atoms with Crippen LogP contribution >= 0.6 is 11.6 Å². The molecule has 0 saturated carbocycles. The molecule has 1 heterocycles. The summed E-state index contributed by atoms with van der Waals surface area (Å²) >= 11 is 6.34. The second-order valence-corrected chi connectivity index (χ2v) is 7.50. The zero-order chi connectivity index (χ0) is 22.7. The van der Waals surface area contributed by atoms with Gasteiger partial charge < -0.3 is 13.9 Å². The fourth-order valence-electron chi connectivity index (χ4n) is 3.22. The van der Waals surface area contributed by atoms with Crippen molar-refractivity contribution >= 4 is 34.6 Å². The van der Waals surface area contributed by atoms with E-state index in [0.717, 1.165) is 11.1 Å². The Hall–Kier alpha value is -3.83. The third-order valence-electron chi connectivity index (χ3n) is 4.85. The highest BCUT2D eigenvalue weighted by Crippen LogP contribution is 2.35. The second-order valence-electron chi connectivity index (χ2n) is 7.10. The SMILES string of the molecule is COc1ccc(C=CC(=O)Oc2c(-c3ccccc3Cl)oc3ccc(C)cc3c2=O)cc1. The smallest absolute Gasteiger partial charge is 0.336 e. The zero-order valence-electron chi connectivity index (χ0n) is 17.4. The first-order chi connectivity index (χ1) is 15.5. The van der Waals surface area contributed by atoms with Gasteiger partial charge in [0.2, 0.25) is 11.2 Å². The quantitative estimate of drug-likeness (QED) is 0.276. The molecular weight excluding hydrogens is 428 g/mol. The molecule has 5 nitrogen and oxygen atoms in total. The van der Waals surface area contributed by atoms with E-state index in [1.54, 1.807) is 73.8 Å². The zero-order valence-corrected chi connectivity index (χ0v) is 18.2. The first-order valence-electron chi connectivity index (χ1n) is 9.82. The van der Waals surface area contributed by atoms with Gasteiger partial charge in [0, 0.05) is 11.6 Å². The molecule has 0 radical (unpaired) electrons. The Morgan fingerprint density at radius 1 is 1.03 bits per heavy atom. The minimum atomic E-state index is -0.714. The number of ether oxygens (including phenoxy) is 2. The number of hydrogen-bond donors (Lipinski definition) is 0. The lowest BCUT2D eigenvalue weighted by molar-refractivity contribution is -0.129. The molecule has 1 aromatic heterocycles. The molecule has 4 rings (SSSR count). The number of fused-ring (bicyclic) bond motifs is 1. The van der Waals surface area contributed by atoms with Crippen LogP contribution in [0.3, 0.4) is 0 Å². The third kappa shape index (κ3) is 4.43. The largest absolute Gasteiger partial charge is 0.497 e. The summed E-state index contributed by atoms with van der Waals surface area (Å²) in [6.07, 6.45) is 2.84. The summed E-state index contributed by atoms with van der Waals surface area (Å²) < 4.78 is 16.6. The number of methoxy groups -OCH3 is 1. The number of carbonyl (C=O) groups excluding carboxylic acids is 1. The van der Waals surface area contributed by atoms with E-state index in [2.05, 4.69) is 0 Å². The normalized spacial score (nSPS) is 11.1. The summed E-state index contributed by atoms with van der Waals surface area (Å²) in [6.45, 7) is 1.87. The van der Waals surface area contributed by atoms with Gasteiger partial charge in [0.05, 0.1) is 17.5 Å². The highest BCUT2D eigenvalue weighted by atomic mass is 35.5.